The largest absolute Gasteiger partial charge is 0.356 e. The average Bonchev–Trinajstić information content (AvgIpc) is 2.91. The normalized spacial score (nSPS) is 10.1. The zero-order valence-electron chi connectivity index (χ0n) is 20.4. The number of benzene rings is 4. The van der Waals surface area contributed by atoms with Crippen LogP contribution in [-0.2, 0) is 0 Å². The summed E-state index contributed by atoms with van der Waals surface area (Å²) in [5.41, 5.74) is 4.82. The molecule has 0 amide bonds. The van der Waals surface area contributed by atoms with Gasteiger partial charge in [-0.1, -0.05) is 112 Å². The number of anilines is 4. The van der Waals surface area contributed by atoms with E-state index in [0.717, 1.165) is 17.9 Å². The highest BCUT2D eigenvalue weighted by Gasteiger charge is 2.07. The summed E-state index contributed by atoms with van der Waals surface area (Å²) in [6.45, 7) is 3.37. The summed E-state index contributed by atoms with van der Waals surface area (Å²) in [6.07, 6.45) is 8.03. The fraction of sp³-hybridized carbons (Fsp3) is 0.250. The molecule has 0 saturated carbocycles. The molecule has 4 aromatic rings. The second kappa shape index (κ2) is 15.3. The van der Waals surface area contributed by atoms with E-state index in [-0.39, 0.29) is 0 Å². The highest BCUT2D eigenvalue weighted by molar-refractivity contribution is 5.62. The molecule has 0 heterocycles. The lowest BCUT2D eigenvalue weighted by molar-refractivity contribution is 0.609. The van der Waals surface area contributed by atoms with Crippen molar-refractivity contribution >= 4 is 22.7 Å². The Balaban J connectivity index is 0.000000212. The molecule has 0 aliphatic rings. The van der Waals surface area contributed by atoms with E-state index in [0.29, 0.717) is 0 Å². The molecule has 0 unspecified atom stereocenters. The molecular formula is C32H38N2. The molecule has 0 aliphatic carbocycles. The van der Waals surface area contributed by atoms with Crippen LogP contribution in [0.2, 0.25) is 0 Å². The van der Waals surface area contributed by atoms with Crippen molar-refractivity contribution in [2.45, 2.75) is 45.4 Å². The summed E-state index contributed by atoms with van der Waals surface area (Å²) in [6, 6.07) is 41.7. The first-order valence-corrected chi connectivity index (χ1v) is 12.6. The third-order valence-electron chi connectivity index (χ3n) is 5.71. The number of para-hydroxylation sites is 4. The Hall–Kier alpha value is -3.52. The minimum Gasteiger partial charge on any atom is -0.356 e. The number of nitrogens with zero attached hydrogens (tertiary/aromatic N) is 1. The highest BCUT2D eigenvalue weighted by atomic mass is 15.1. The van der Waals surface area contributed by atoms with Crippen LogP contribution in [-0.4, -0.2) is 6.54 Å². The maximum absolute atomic E-state index is 3.30. The number of nitrogens with one attached hydrogen (secondary N) is 1. The Morgan fingerprint density at radius 3 is 1.29 bits per heavy atom. The third kappa shape index (κ3) is 9.15. The Morgan fingerprint density at radius 2 is 0.853 bits per heavy atom. The summed E-state index contributed by atoms with van der Waals surface area (Å²) in [7, 11) is 0. The second-order valence-corrected chi connectivity index (χ2v) is 8.45. The van der Waals surface area contributed by atoms with Gasteiger partial charge in [0.1, 0.15) is 0 Å². The van der Waals surface area contributed by atoms with Crippen molar-refractivity contribution in [3.05, 3.63) is 121 Å². The Labute approximate surface area is 206 Å². The van der Waals surface area contributed by atoms with Crippen molar-refractivity contribution in [2.75, 3.05) is 16.8 Å². The van der Waals surface area contributed by atoms with Crippen molar-refractivity contribution in [3.8, 4) is 0 Å². The van der Waals surface area contributed by atoms with Gasteiger partial charge >= 0.3 is 0 Å². The first-order valence-electron chi connectivity index (χ1n) is 12.6. The molecule has 0 fully saturated rings. The molecule has 0 aromatic heterocycles. The summed E-state index contributed by atoms with van der Waals surface area (Å²) in [4.78, 5) is 2.43. The van der Waals surface area contributed by atoms with Crippen LogP contribution in [0.25, 0.3) is 0 Å². The van der Waals surface area contributed by atoms with Gasteiger partial charge in [0.05, 0.1) is 0 Å². The Bertz CT molecular complexity index is 925. The Morgan fingerprint density at radius 1 is 0.471 bits per heavy atom. The van der Waals surface area contributed by atoms with Crippen molar-refractivity contribution < 1.29 is 0 Å². The molecule has 0 aliphatic heterocycles. The van der Waals surface area contributed by atoms with Crippen molar-refractivity contribution in [1.29, 1.82) is 0 Å². The summed E-state index contributed by atoms with van der Waals surface area (Å²) in [5.74, 6) is 0. The summed E-state index contributed by atoms with van der Waals surface area (Å²) < 4.78 is 0. The molecule has 0 spiro atoms. The molecule has 2 nitrogen and oxygen atoms in total. The minimum atomic E-state index is 1.10. The van der Waals surface area contributed by atoms with Gasteiger partial charge in [-0.05, 0) is 55.0 Å². The van der Waals surface area contributed by atoms with Gasteiger partial charge < -0.3 is 10.2 Å². The predicted molar refractivity (Wildman–Crippen MR) is 149 cm³/mol. The monoisotopic (exact) mass is 450 g/mol. The number of hydrogen-bond acceptors (Lipinski definition) is 2. The number of unbranched alkanes of at least 4 members (excludes halogenated alkanes) is 5. The molecule has 0 radical (unpaired) electrons. The molecule has 0 bridgehead atoms. The van der Waals surface area contributed by atoms with Gasteiger partial charge in [0.2, 0.25) is 0 Å². The lowest BCUT2D eigenvalue weighted by Crippen LogP contribution is -2.18. The molecular weight excluding hydrogens is 412 g/mol. The number of hydrogen-bond donors (Lipinski definition) is 1. The van der Waals surface area contributed by atoms with Crippen LogP contribution in [0.15, 0.2) is 121 Å². The summed E-state index contributed by atoms with van der Waals surface area (Å²) >= 11 is 0. The first-order chi connectivity index (χ1) is 16.9. The van der Waals surface area contributed by atoms with Crippen LogP contribution in [0, 0.1) is 0 Å². The van der Waals surface area contributed by atoms with E-state index in [1.165, 1.54) is 49.9 Å². The SMILES string of the molecule is CCCCCCCCN(c1ccccc1)c1ccccc1.c1ccc(Nc2ccccc2)cc1. The highest BCUT2D eigenvalue weighted by Crippen LogP contribution is 2.25. The smallest absolute Gasteiger partial charge is 0.0410 e. The molecule has 34 heavy (non-hydrogen) atoms. The van der Waals surface area contributed by atoms with E-state index in [1.807, 2.05) is 60.7 Å². The molecule has 0 atom stereocenters. The topological polar surface area (TPSA) is 15.3 Å². The van der Waals surface area contributed by atoms with E-state index < -0.39 is 0 Å². The fourth-order valence-electron chi connectivity index (χ4n) is 3.88. The second-order valence-electron chi connectivity index (χ2n) is 8.45. The molecule has 4 aromatic carbocycles. The molecule has 4 rings (SSSR count). The van der Waals surface area contributed by atoms with E-state index in [1.54, 1.807) is 0 Å². The fourth-order valence-corrected chi connectivity index (χ4v) is 3.88. The maximum atomic E-state index is 3.30. The van der Waals surface area contributed by atoms with Gasteiger partial charge in [0.15, 0.2) is 0 Å². The van der Waals surface area contributed by atoms with Crippen molar-refractivity contribution in [3.63, 3.8) is 0 Å². The molecule has 0 saturated heterocycles. The van der Waals surface area contributed by atoms with Crippen LogP contribution in [0.5, 0.6) is 0 Å². The van der Waals surface area contributed by atoms with Crippen molar-refractivity contribution in [1.82, 2.24) is 0 Å². The number of rotatable bonds is 11. The standard InChI is InChI=1S/C20H27N.C12H11N/c1-2-3-4-5-6-13-18-21(19-14-9-7-10-15-19)20-16-11-8-12-17-20;1-3-7-11(8-4-1)13-12-9-5-2-6-10-12/h7-12,14-17H,2-6,13,18H2,1H3;1-10,13H. The van der Waals surface area contributed by atoms with E-state index in [2.05, 4.69) is 77.8 Å². The van der Waals surface area contributed by atoms with Crippen LogP contribution < -0.4 is 10.2 Å². The van der Waals surface area contributed by atoms with E-state index >= 15 is 0 Å². The maximum Gasteiger partial charge on any atom is 0.0410 e. The lowest BCUT2D eigenvalue weighted by Gasteiger charge is -2.25. The lowest BCUT2D eigenvalue weighted by atomic mass is 10.1. The predicted octanol–water partition coefficient (Wildman–Crippen LogP) is 9.62. The molecule has 2 heteroatoms. The van der Waals surface area contributed by atoms with E-state index in [9.17, 15) is 0 Å². The Kier molecular flexibility index (Phi) is 11.3. The zero-order valence-corrected chi connectivity index (χ0v) is 20.4. The summed E-state index contributed by atoms with van der Waals surface area (Å²) in [5, 5.41) is 3.30. The van der Waals surface area contributed by atoms with Gasteiger partial charge in [-0.25, -0.2) is 0 Å². The molecule has 176 valence electrons. The van der Waals surface area contributed by atoms with Gasteiger partial charge in [-0.3, -0.25) is 0 Å². The van der Waals surface area contributed by atoms with Gasteiger partial charge in [-0.15, -0.1) is 0 Å². The molecule has 1 N–H and O–H groups in total. The zero-order chi connectivity index (χ0) is 23.7. The minimum absolute atomic E-state index is 1.10. The van der Waals surface area contributed by atoms with Crippen LogP contribution in [0.3, 0.4) is 0 Å². The van der Waals surface area contributed by atoms with Gasteiger partial charge in [-0.2, -0.15) is 0 Å². The average molecular weight is 451 g/mol. The van der Waals surface area contributed by atoms with Gasteiger partial charge in [0, 0.05) is 29.3 Å². The van der Waals surface area contributed by atoms with Gasteiger partial charge in [0.25, 0.3) is 0 Å². The van der Waals surface area contributed by atoms with E-state index in [4.69, 9.17) is 0 Å². The quantitative estimate of drug-likeness (QED) is 0.229. The third-order valence-corrected chi connectivity index (χ3v) is 5.71. The van der Waals surface area contributed by atoms with Crippen LogP contribution >= 0.6 is 0 Å². The van der Waals surface area contributed by atoms with Crippen LogP contribution in [0.1, 0.15) is 45.4 Å². The van der Waals surface area contributed by atoms with Crippen molar-refractivity contribution in [2.24, 2.45) is 0 Å². The van der Waals surface area contributed by atoms with Crippen LogP contribution in [0.4, 0.5) is 22.7 Å². The first kappa shape index (κ1) is 25.1.